The Balaban J connectivity index is 2.86. The minimum atomic E-state index is -0.703. The number of rotatable bonds is 5. The van der Waals surface area contributed by atoms with Crippen molar-refractivity contribution in [3.05, 3.63) is 18.5 Å². The van der Waals surface area contributed by atoms with Gasteiger partial charge in [-0.2, -0.15) is 0 Å². The van der Waals surface area contributed by atoms with Crippen molar-refractivity contribution < 1.29 is 5.11 Å². The van der Waals surface area contributed by atoms with Crippen molar-refractivity contribution in [2.24, 2.45) is 0 Å². The van der Waals surface area contributed by atoms with Gasteiger partial charge in [0, 0.05) is 20.1 Å². The predicted molar refractivity (Wildman–Crippen MR) is 68.0 cm³/mol. The van der Waals surface area contributed by atoms with Crippen LogP contribution in [0.1, 0.15) is 20.8 Å². The summed E-state index contributed by atoms with van der Waals surface area (Å²) in [5, 5.41) is 12.9. The molecule has 0 aliphatic rings. The van der Waals surface area contributed by atoms with Crippen LogP contribution in [0.5, 0.6) is 0 Å². The van der Waals surface area contributed by atoms with Gasteiger partial charge in [0.2, 0.25) is 0 Å². The number of aromatic nitrogens is 1. The molecule has 0 aliphatic heterocycles. The number of pyridine rings is 1. The molecule has 90 valence electrons. The SMILES string of the molecule is CCN(CC(C)(C)O)c1cncc(NC)c1. The van der Waals surface area contributed by atoms with Gasteiger partial charge in [-0.25, -0.2) is 0 Å². The lowest BCUT2D eigenvalue weighted by Gasteiger charge is -2.29. The van der Waals surface area contributed by atoms with E-state index in [0.29, 0.717) is 6.54 Å². The van der Waals surface area contributed by atoms with Gasteiger partial charge in [0.1, 0.15) is 0 Å². The maximum atomic E-state index is 9.83. The molecule has 1 aromatic rings. The summed E-state index contributed by atoms with van der Waals surface area (Å²) < 4.78 is 0. The van der Waals surface area contributed by atoms with Crippen molar-refractivity contribution in [1.82, 2.24) is 4.98 Å². The van der Waals surface area contributed by atoms with E-state index in [1.54, 1.807) is 6.20 Å². The Kier molecular flexibility index (Phi) is 4.12. The molecule has 2 N–H and O–H groups in total. The minimum Gasteiger partial charge on any atom is -0.389 e. The number of hydrogen-bond donors (Lipinski definition) is 2. The lowest BCUT2D eigenvalue weighted by Crippen LogP contribution is -2.38. The van der Waals surface area contributed by atoms with Crippen LogP contribution in [-0.2, 0) is 0 Å². The van der Waals surface area contributed by atoms with E-state index in [2.05, 4.69) is 22.1 Å². The van der Waals surface area contributed by atoms with Crippen LogP contribution in [0.2, 0.25) is 0 Å². The molecule has 0 aromatic carbocycles. The normalized spacial score (nSPS) is 11.3. The fourth-order valence-electron chi connectivity index (χ4n) is 1.59. The summed E-state index contributed by atoms with van der Waals surface area (Å²) in [7, 11) is 1.87. The molecule has 0 bridgehead atoms. The summed E-state index contributed by atoms with van der Waals surface area (Å²) in [6.45, 7) is 7.13. The highest BCUT2D eigenvalue weighted by molar-refractivity contribution is 5.55. The highest BCUT2D eigenvalue weighted by Gasteiger charge is 2.17. The Morgan fingerprint density at radius 3 is 2.62 bits per heavy atom. The van der Waals surface area contributed by atoms with Gasteiger partial charge in [-0.05, 0) is 26.8 Å². The molecule has 0 spiro atoms. The molecule has 0 amide bonds. The predicted octanol–water partition coefficient (Wildman–Crippen LogP) is 1.72. The van der Waals surface area contributed by atoms with Crippen molar-refractivity contribution in [3.63, 3.8) is 0 Å². The number of likely N-dealkylation sites (N-methyl/N-ethyl adjacent to an activating group) is 1. The molecule has 0 unspecified atom stereocenters. The highest BCUT2D eigenvalue weighted by atomic mass is 16.3. The monoisotopic (exact) mass is 223 g/mol. The van der Waals surface area contributed by atoms with Crippen LogP contribution in [0, 0.1) is 0 Å². The first-order valence-electron chi connectivity index (χ1n) is 5.56. The highest BCUT2D eigenvalue weighted by Crippen LogP contribution is 2.19. The van der Waals surface area contributed by atoms with Gasteiger partial charge in [0.25, 0.3) is 0 Å². The van der Waals surface area contributed by atoms with E-state index in [9.17, 15) is 5.11 Å². The van der Waals surface area contributed by atoms with Gasteiger partial charge in [0.15, 0.2) is 0 Å². The average molecular weight is 223 g/mol. The Labute approximate surface area is 97.3 Å². The molecule has 0 aliphatic carbocycles. The molecular formula is C12H21N3O. The van der Waals surface area contributed by atoms with E-state index < -0.39 is 5.60 Å². The number of hydrogen-bond acceptors (Lipinski definition) is 4. The molecular weight excluding hydrogens is 202 g/mol. The maximum Gasteiger partial charge on any atom is 0.0765 e. The maximum absolute atomic E-state index is 9.83. The van der Waals surface area contributed by atoms with Gasteiger partial charge in [-0.1, -0.05) is 0 Å². The second-order valence-corrected chi connectivity index (χ2v) is 4.51. The lowest BCUT2D eigenvalue weighted by atomic mass is 10.1. The summed E-state index contributed by atoms with van der Waals surface area (Å²) in [6, 6.07) is 2.03. The van der Waals surface area contributed by atoms with Gasteiger partial charge < -0.3 is 15.3 Å². The quantitative estimate of drug-likeness (QED) is 0.798. The second kappa shape index (κ2) is 5.16. The number of aliphatic hydroxyl groups is 1. The molecule has 0 atom stereocenters. The second-order valence-electron chi connectivity index (χ2n) is 4.51. The van der Waals surface area contributed by atoms with Crippen LogP contribution in [-0.4, -0.2) is 35.8 Å². The Bertz CT molecular complexity index is 333. The molecule has 0 fully saturated rings. The molecule has 1 aromatic heterocycles. The minimum absolute atomic E-state index is 0.596. The third-order valence-corrected chi connectivity index (χ3v) is 2.34. The summed E-state index contributed by atoms with van der Waals surface area (Å²) in [4.78, 5) is 6.27. The first-order chi connectivity index (χ1) is 7.46. The summed E-state index contributed by atoms with van der Waals surface area (Å²) in [5.74, 6) is 0. The van der Waals surface area contributed by atoms with Crippen LogP contribution >= 0.6 is 0 Å². The van der Waals surface area contributed by atoms with Gasteiger partial charge in [0.05, 0.1) is 29.4 Å². The smallest absolute Gasteiger partial charge is 0.0765 e. The third-order valence-electron chi connectivity index (χ3n) is 2.34. The fourth-order valence-corrected chi connectivity index (χ4v) is 1.59. The Hall–Kier alpha value is -1.29. The number of anilines is 2. The van der Waals surface area contributed by atoms with Crippen LogP contribution in [0.3, 0.4) is 0 Å². The summed E-state index contributed by atoms with van der Waals surface area (Å²) in [6.07, 6.45) is 3.59. The molecule has 0 saturated carbocycles. The zero-order valence-electron chi connectivity index (χ0n) is 10.5. The largest absolute Gasteiger partial charge is 0.389 e. The fraction of sp³-hybridized carbons (Fsp3) is 0.583. The lowest BCUT2D eigenvalue weighted by molar-refractivity contribution is 0.0876. The van der Waals surface area contributed by atoms with Crippen LogP contribution < -0.4 is 10.2 Å². The first-order valence-corrected chi connectivity index (χ1v) is 5.56. The van der Waals surface area contributed by atoms with Crippen molar-refractivity contribution in [3.8, 4) is 0 Å². The molecule has 1 rings (SSSR count). The van der Waals surface area contributed by atoms with Crippen molar-refractivity contribution in [1.29, 1.82) is 0 Å². The van der Waals surface area contributed by atoms with E-state index in [1.165, 1.54) is 0 Å². The summed E-state index contributed by atoms with van der Waals surface area (Å²) in [5.41, 5.74) is 1.30. The molecule has 16 heavy (non-hydrogen) atoms. The van der Waals surface area contributed by atoms with E-state index in [0.717, 1.165) is 17.9 Å². The third kappa shape index (κ3) is 3.70. The van der Waals surface area contributed by atoms with Gasteiger partial charge >= 0.3 is 0 Å². The first kappa shape index (κ1) is 12.8. The molecule has 0 radical (unpaired) electrons. The number of nitrogens with one attached hydrogen (secondary N) is 1. The topological polar surface area (TPSA) is 48.4 Å². The standard InChI is InChI=1S/C12H21N3O/c1-5-15(9-12(2,3)16)11-6-10(13-4)7-14-8-11/h6-8,13,16H,5,9H2,1-4H3. The van der Waals surface area contributed by atoms with E-state index in [1.807, 2.05) is 33.2 Å². The molecule has 0 saturated heterocycles. The zero-order valence-corrected chi connectivity index (χ0v) is 10.5. The van der Waals surface area contributed by atoms with Crippen LogP contribution in [0.15, 0.2) is 18.5 Å². The van der Waals surface area contributed by atoms with Crippen molar-refractivity contribution >= 4 is 11.4 Å². The van der Waals surface area contributed by atoms with Gasteiger partial charge in [-0.3, -0.25) is 4.98 Å². The van der Waals surface area contributed by atoms with Crippen LogP contribution in [0.4, 0.5) is 11.4 Å². The van der Waals surface area contributed by atoms with E-state index in [4.69, 9.17) is 0 Å². The zero-order chi connectivity index (χ0) is 12.2. The molecule has 4 heteroatoms. The van der Waals surface area contributed by atoms with Crippen LogP contribution in [0.25, 0.3) is 0 Å². The van der Waals surface area contributed by atoms with E-state index in [-0.39, 0.29) is 0 Å². The molecule has 1 heterocycles. The van der Waals surface area contributed by atoms with Crippen molar-refractivity contribution in [2.45, 2.75) is 26.4 Å². The molecule has 4 nitrogen and oxygen atoms in total. The Morgan fingerprint density at radius 2 is 2.12 bits per heavy atom. The van der Waals surface area contributed by atoms with Crippen molar-refractivity contribution in [2.75, 3.05) is 30.4 Å². The van der Waals surface area contributed by atoms with Gasteiger partial charge in [-0.15, -0.1) is 0 Å². The Morgan fingerprint density at radius 1 is 1.44 bits per heavy atom. The summed E-state index contributed by atoms with van der Waals surface area (Å²) >= 11 is 0. The average Bonchev–Trinajstić information content (AvgIpc) is 2.25. The van der Waals surface area contributed by atoms with E-state index >= 15 is 0 Å². The number of nitrogens with zero attached hydrogens (tertiary/aromatic N) is 2.